The number of nitrogens with zero attached hydrogens (tertiary/aromatic N) is 2. The van der Waals surface area contributed by atoms with Gasteiger partial charge in [0, 0.05) is 23.1 Å². The molecule has 7 heteroatoms. The zero-order valence-electron chi connectivity index (χ0n) is 11.9. The van der Waals surface area contributed by atoms with E-state index < -0.39 is 11.7 Å². The Kier molecular flexibility index (Phi) is 3.19. The van der Waals surface area contributed by atoms with Crippen LogP contribution in [0.1, 0.15) is 11.1 Å². The molecule has 0 amide bonds. The van der Waals surface area contributed by atoms with Crippen molar-refractivity contribution < 1.29 is 13.2 Å². The molecule has 3 heterocycles. The van der Waals surface area contributed by atoms with Crippen molar-refractivity contribution in [1.29, 1.82) is 0 Å². The van der Waals surface area contributed by atoms with E-state index in [9.17, 15) is 13.2 Å². The average molecular weight is 335 g/mol. The Morgan fingerprint density at radius 1 is 1.22 bits per heavy atom. The van der Waals surface area contributed by atoms with Crippen molar-refractivity contribution in [3.8, 4) is 16.9 Å². The summed E-state index contributed by atoms with van der Waals surface area (Å²) in [6, 6.07) is 7.22. The summed E-state index contributed by atoms with van der Waals surface area (Å²) < 4.78 is 40.4. The molecule has 3 aromatic rings. The fourth-order valence-corrected chi connectivity index (χ4v) is 3.45. The molecule has 2 aromatic heterocycles. The SMILES string of the molecule is FC(F)(F)c1cccc(-n2nc(-c3ccsc3)c3c2NCC3)c1. The van der Waals surface area contributed by atoms with E-state index in [4.69, 9.17) is 0 Å². The molecule has 0 saturated heterocycles. The van der Waals surface area contributed by atoms with Gasteiger partial charge >= 0.3 is 6.18 Å². The zero-order valence-corrected chi connectivity index (χ0v) is 12.7. The standard InChI is InChI=1S/C16H12F3N3S/c17-16(18,19)11-2-1-3-12(8-11)22-15-13(4-6-20-15)14(21-22)10-5-7-23-9-10/h1-3,5,7-9,20H,4,6H2. The summed E-state index contributed by atoms with van der Waals surface area (Å²) in [4.78, 5) is 0. The molecule has 1 aliphatic heterocycles. The van der Waals surface area contributed by atoms with Crippen LogP contribution in [0.5, 0.6) is 0 Å². The topological polar surface area (TPSA) is 29.9 Å². The summed E-state index contributed by atoms with van der Waals surface area (Å²) >= 11 is 1.57. The van der Waals surface area contributed by atoms with Crippen LogP contribution in [0.25, 0.3) is 16.9 Å². The number of anilines is 1. The van der Waals surface area contributed by atoms with Gasteiger partial charge in [-0.1, -0.05) is 6.07 Å². The molecule has 1 N–H and O–H groups in total. The van der Waals surface area contributed by atoms with Gasteiger partial charge in [0.1, 0.15) is 5.82 Å². The predicted molar refractivity (Wildman–Crippen MR) is 84.1 cm³/mol. The average Bonchev–Trinajstić information content (AvgIpc) is 3.23. The van der Waals surface area contributed by atoms with Gasteiger partial charge in [0.2, 0.25) is 0 Å². The Morgan fingerprint density at radius 2 is 2.09 bits per heavy atom. The van der Waals surface area contributed by atoms with Gasteiger partial charge in [-0.25, -0.2) is 4.68 Å². The van der Waals surface area contributed by atoms with Crippen LogP contribution < -0.4 is 5.32 Å². The van der Waals surface area contributed by atoms with E-state index >= 15 is 0 Å². The summed E-state index contributed by atoms with van der Waals surface area (Å²) in [5.41, 5.74) is 2.63. The Balaban J connectivity index is 1.86. The normalized spacial score (nSPS) is 13.9. The number of rotatable bonds is 2. The van der Waals surface area contributed by atoms with E-state index in [1.54, 1.807) is 22.1 Å². The number of alkyl halides is 3. The van der Waals surface area contributed by atoms with Crippen molar-refractivity contribution in [2.24, 2.45) is 0 Å². The number of nitrogens with one attached hydrogen (secondary N) is 1. The van der Waals surface area contributed by atoms with E-state index in [0.717, 1.165) is 47.7 Å². The highest BCUT2D eigenvalue weighted by Gasteiger charge is 2.31. The second-order valence-electron chi connectivity index (χ2n) is 5.32. The molecule has 3 nitrogen and oxygen atoms in total. The molecule has 0 unspecified atom stereocenters. The van der Waals surface area contributed by atoms with Gasteiger partial charge in [-0.05, 0) is 36.1 Å². The number of hydrogen-bond donors (Lipinski definition) is 1. The van der Waals surface area contributed by atoms with Gasteiger partial charge in [0.15, 0.2) is 0 Å². The third-order valence-corrected chi connectivity index (χ3v) is 4.55. The minimum absolute atomic E-state index is 0.409. The molecule has 0 spiro atoms. The number of benzene rings is 1. The molecule has 1 aromatic carbocycles. The second-order valence-corrected chi connectivity index (χ2v) is 6.10. The number of fused-ring (bicyclic) bond motifs is 1. The van der Waals surface area contributed by atoms with E-state index in [0.29, 0.717) is 5.69 Å². The van der Waals surface area contributed by atoms with Crippen molar-refractivity contribution in [1.82, 2.24) is 9.78 Å². The third-order valence-electron chi connectivity index (χ3n) is 3.86. The minimum atomic E-state index is -4.37. The van der Waals surface area contributed by atoms with Crippen molar-refractivity contribution in [3.05, 3.63) is 52.2 Å². The Morgan fingerprint density at radius 3 is 2.83 bits per heavy atom. The van der Waals surface area contributed by atoms with Gasteiger partial charge in [0.25, 0.3) is 0 Å². The van der Waals surface area contributed by atoms with Crippen LogP contribution in [0.15, 0.2) is 41.1 Å². The first kappa shape index (κ1) is 14.3. The maximum atomic E-state index is 12.9. The summed E-state index contributed by atoms with van der Waals surface area (Å²) in [6.45, 7) is 0.767. The van der Waals surface area contributed by atoms with Gasteiger partial charge in [-0.15, -0.1) is 0 Å². The third kappa shape index (κ3) is 2.41. The van der Waals surface area contributed by atoms with Crippen LogP contribution in [0, 0.1) is 0 Å². The first-order chi connectivity index (χ1) is 11.0. The van der Waals surface area contributed by atoms with E-state index in [-0.39, 0.29) is 0 Å². The molecule has 0 aliphatic carbocycles. The van der Waals surface area contributed by atoms with Crippen LogP contribution >= 0.6 is 11.3 Å². The van der Waals surface area contributed by atoms with Gasteiger partial charge in [-0.3, -0.25) is 0 Å². The van der Waals surface area contributed by atoms with E-state index in [2.05, 4.69) is 10.4 Å². The quantitative estimate of drug-likeness (QED) is 0.742. The lowest BCUT2D eigenvalue weighted by Crippen LogP contribution is -2.08. The lowest BCUT2D eigenvalue weighted by molar-refractivity contribution is -0.137. The lowest BCUT2D eigenvalue weighted by Gasteiger charge is -2.10. The first-order valence-corrected chi connectivity index (χ1v) is 8.04. The van der Waals surface area contributed by atoms with Crippen LogP contribution in [0.4, 0.5) is 19.0 Å². The van der Waals surface area contributed by atoms with Crippen LogP contribution in [0.2, 0.25) is 0 Å². The van der Waals surface area contributed by atoms with Crippen LogP contribution in [0.3, 0.4) is 0 Å². The molecular formula is C16H12F3N3S. The molecule has 0 fully saturated rings. The van der Waals surface area contributed by atoms with E-state index in [1.807, 2.05) is 16.8 Å². The molecule has 23 heavy (non-hydrogen) atoms. The summed E-state index contributed by atoms with van der Waals surface area (Å²) in [5, 5.41) is 11.8. The molecule has 0 saturated carbocycles. The van der Waals surface area contributed by atoms with Gasteiger partial charge in [-0.2, -0.15) is 29.6 Å². The van der Waals surface area contributed by atoms with Crippen molar-refractivity contribution in [2.75, 3.05) is 11.9 Å². The van der Waals surface area contributed by atoms with Crippen LogP contribution in [-0.2, 0) is 12.6 Å². The Bertz CT molecular complexity index is 850. The maximum absolute atomic E-state index is 12.9. The predicted octanol–water partition coefficient (Wildman–Crippen LogP) is 4.59. The highest BCUT2D eigenvalue weighted by Crippen LogP contribution is 2.36. The fraction of sp³-hybridized carbons (Fsp3) is 0.188. The molecule has 118 valence electrons. The monoisotopic (exact) mass is 335 g/mol. The van der Waals surface area contributed by atoms with Crippen molar-refractivity contribution in [2.45, 2.75) is 12.6 Å². The maximum Gasteiger partial charge on any atom is 0.416 e. The summed E-state index contributed by atoms with van der Waals surface area (Å²) in [7, 11) is 0. The summed E-state index contributed by atoms with van der Waals surface area (Å²) in [6.07, 6.45) is -3.55. The molecular weight excluding hydrogens is 323 g/mol. The highest BCUT2D eigenvalue weighted by atomic mass is 32.1. The number of aromatic nitrogens is 2. The molecule has 0 bridgehead atoms. The molecule has 4 rings (SSSR count). The van der Waals surface area contributed by atoms with Crippen molar-refractivity contribution >= 4 is 17.2 Å². The largest absolute Gasteiger partial charge is 0.416 e. The first-order valence-electron chi connectivity index (χ1n) is 7.10. The van der Waals surface area contributed by atoms with Crippen molar-refractivity contribution in [3.63, 3.8) is 0 Å². The number of halogens is 3. The Labute approximate surface area is 134 Å². The fourth-order valence-electron chi connectivity index (χ4n) is 2.81. The smallest absolute Gasteiger partial charge is 0.369 e. The number of hydrogen-bond acceptors (Lipinski definition) is 3. The zero-order chi connectivity index (χ0) is 16.0. The minimum Gasteiger partial charge on any atom is -0.369 e. The molecule has 1 aliphatic rings. The highest BCUT2D eigenvalue weighted by molar-refractivity contribution is 7.08. The lowest BCUT2D eigenvalue weighted by atomic mass is 10.1. The Hall–Kier alpha value is -2.28. The number of thiophene rings is 1. The molecule has 0 radical (unpaired) electrons. The second kappa shape index (κ2) is 5.13. The summed E-state index contributed by atoms with van der Waals surface area (Å²) in [5.74, 6) is 0.783. The molecule has 0 atom stereocenters. The van der Waals surface area contributed by atoms with Gasteiger partial charge in [0.05, 0.1) is 16.9 Å². The van der Waals surface area contributed by atoms with Crippen LogP contribution in [-0.4, -0.2) is 16.3 Å². The van der Waals surface area contributed by atoms with E-state index in [1.165, 1.54) is 6.07 Å². The van der Waals surface area contributed by atoms with Gasteiger partial charge < -0.3 is 5.32 Å².